The van der Waals surface area contributed by atoms with Gasteiger partial charge in [-0.15, -0.1) is 0 Å². The fourth-order valence-electron chi connectivity index (χ4n) is 1.15. The molecule has 0 atom stereocenters. The summed E-state index contributed by atoms with van der Waals surface area (Å²) < 4.78 is 0. The number of rotatable bonds is 0. The lowest BCUT2D eigenvalue weighted by molar-refractivity contribution is -0.111. The molecule has 1 aromatic carbocycles. The second-order valence-corrected chi connectivity index (χ2v) is 2.75. The van der Waals surface area contributed by atoms with E-state index in [0.717, 1.165) is 10.6 Å². The highest BCUT2D eigenvalue weighted by Crippen LogP contribution is 1.79. The van der Waals surface area contributed by atoms with Gasteiger partial charge in [0.15, 0.2) is 5.78 Å². The van der Waals surface area contributed by atoms with Crippen molar-refractivity contribution < 1.29 is 4.79 Å². The maximum Gasteiger partial charge on any atom is 0.195 e. The molecule has 0 bridgehead atoms. The van der Waals surface area contributed by atoms with Crippen LogP contribution < -0.4 is 10.6 Å². The Balaban J connectivity index is 2.69. The van der Waals surface area contributed by atoms with Crippen LogP contribution in [0.25, 0.3) is 6.20 Å². The molecule has 1 aliphatic heterocycles. The average Bonchev–Trinajstić information content (AvgIpc) is 2.13. The predicted octanol–water partition coefficient (Wildman–Crippen LogP) is -0.302. The summed E-state index contributed by atoms with van der Waals surface area (Å²) in [7, 11) is 0. The summed E-state index contributed by atoms with van der Waals surface area (Å²) in [5.74, 6) is -0.0641. The van der Waals surface area contributed by atoms with E-state index in [1.54, 1.807) is 6.20 Å². The molecule has 0 radical (unpaired) electrons. The minimum Gasteiger partial charge on any atom is -0.291 e. The third-order valence-electron chi connectivity index (χ3n) is 1.77. The zero-order valence-corrected chi connectivity index (χ0v) is 6.97. The molecular formula is C10H8N2O. The van der Waals surface area contributed by atoms with Gasteiger partial charge >= 0.3 is 0 Å². The van der Waals surface area contributed by atoms with E-state index in [4.69, 9.17) is 0 Å². The lowest BCUT2D eigenvalue weighted by Crippen LogP contribution is -2.26. The van der Waals surface area contributed by atoms with Gasteiger partial charge in [0.2, 0.25) is 0 Å². The molecule has 0 saturated heterocycles. The number of fused-ring (bicyclic) bond motifs is 1. The topological polar surface area (TPSA) is 41.8 Å². The van der Waals surface area contributed by atoms with E-state index in [1.165, 1.54) is 6.21 Å². The quantitative estimate of drug-likeness (QED) is 0.529. The van der Waals surface area contributed by atoms with E-state index >= 15 is 0 Å². The number of para-hydroxylation sites is 1. The van der Waals surface area contributed by atoms with Crippen LogP contribution in [0.3, 0.4) is 0 Å². The summed E-state index contributed by atoms with van der Waals surface area (Å²) in [5.41, 5.74) is 0. The summed E-state index contributed by atoms with van der Waals surface area (Å²) in [6.45, 7) is 0.189. The van der Waals surface area contributed by atoms with E-state index in [1.807, 2.05) is 24.3 Å². The minimum atomic E-state index is -0.0641. The van der Waals surface area contributed by atoms with Gasteiger partial charge in [0.25, 0.3) is 0 Å². The average molecular weight is 172 g/mol. The Hall–Kier alpha value is -1.77. The Morgan fingerprint density at radius 2 is 2.08 bits per heavy atom. The molecular weight excluding hydrogens is 164 g/mol. The molecule has 2 rings (SSSR count). The lowest BCUT2D eigenvalue weighted by Gasteiger charge is -1.93. The molecule has 3 nitrogen and oxygen atoms in total. The van der Waals surface area contributed by atoms with Crippen LogP contribution in [0.1, 0.15) is 0 Å². The van der Waals surface area contributed by atoms with Crippen LogP contribution in [0.5, 0.6) is 0 Å². The highest BCUT2D eigenvalue weighted by molar-refractivity contribution is 6.28. The smallest absolute Gasteiger partial charge is 0.195 e. The van der Waals surface area contributed by atoms with Crippen molar-refractivity contribution in [1.29, 1.82) is 0 Å². The van der Waals surface area contributed by atoms with Crippen molar-refractivity contribution in [3.05, 3.63) is 34.8 Å². The molecule has 0 saturated carbocycles. The molecule has 0 N–H and O–H groups in total. The summed E-state index contributed by atoms with van der Waals surface area (Å²) >= 11 is 0. The van der Waals surface area contributed by atoms with Gasteiger partial charge in [-0.25, -0.2) is 0 Å². The van der Waals surface area contributed by atoms with Crippen molar-refractivity contribution in [3.8, 4) is 0 Å². The molecule has 64 valence electrons. The molecule has 0 unspecified atom stereocenters. The molecule has 3 heteroatoms. The lowest BCUT2D eigenvalue weighted by atomic mass is 10.3. The van der Waals surface area contributed by atoms with Gasteiger partial charge in [-0.05, 0) is 6.07 Å². The normalized spacial score (nSPS) is 14.9. The van der Waals surface area contributed by atoms with Gasteiger partial charge in [-0.3, -0.25) is 14.8 Å². The Morgan fingerprint density at radius 3 is 3.00 bits per heavy atom. The molecule has 1 aliphatic rings. The predicted molar refractivity (Wildman–Crippen MR) is 50.1 cm³/mol. The first-order valence-corrected chi connectivity index (χ1v) is 4.02. The van der Waals surface area contributed by atoms with Crippen LogP contribution in [0, 0.1) is 0 Å². The fraction of sp³-hybridized carbons (Fsp3) is 0.100. The second-order valence-electron chi connectivity index (χ2n) is 2.75. The Labute approximate surface area is 75.1 Å². The standard InChI is InChI=1S/C10H8N2O/c13-9-6-11-5-8-3-1-2-4-10(8)12-7-9/h1-6H,7H2. The molecule has 0 fully saturated rings. The van der Waals surface area contributed by atoms with Crippen LogP contribution in [0.4, 0.5) is 0 Å². The molecule has 0 aliphatic carbocycles. The van der Waals surface area contributed by atoms with Crippen molar-refractivity contribution in [2.45, 2.75) is 0 Å². The second kappa shape index (κ2) is 3.31. The van der Waals surface area contributed by atoms with Crippen molar-refractivity contribution in [3.63, 3.8) is 0 Å². The largest absolute Gasteiger partial charge is 0.291 e. The Kier molecular flexibility index (Phi) is 2.00. The molecule has 0 aromatic heterocycles. The molecule has 1 aromatic rings. The summed E-state index contributed by atoms with van der Waals surface area (Å²) in [4.78, 5) is 19.0. The maximum atomic E-state index is 11.0. The summed E-state index contributed by atoms with van der Waals surface area (Å²) in [5, 5.41) is 1.78. The Bertz CT molecular complexity index is 474. The fourth-order valence-corrected chi connectivity index (χ4v) is 1.15. The molecule has 13 heavy (non-hydrogen) atoms. The number of nitrogens with zero attached hydrogens (tertiary/aromatic N) is 2. The van der Waals surface area contributed by atoms with Crippen LogP contribution in [-0.4, -0.2) is 18.5 Å². The van der Waals surface area contributed by atoms with Crippen LogP contribution in [0.2, 0.25) is 0 Å². The van der Waals surface area contributed by atoms with Gasteiger partial charge in [0.05, 0.1) is 11.6 Å². The summed E-state index contributed by atoms with van der Waals surface area (Å²) in [6, 6.07) is 7.61. The third-order valence-corrected chi connectivity index (χ3v) is 1.77. The van der Waals surface area contributed by atoms with Gasteiger partial charge in [-0.2, -0.15) is 0 Å². The van der Waals surface area contributed by atoms with Crippen molar-refractivity contribution in [2.24, 2.45) is 9.98 Å². The van der Waals surface area contributed by atoms with Crippen molar-refractivity contribution >= 4 is 18.2 Å². The minimum absolute atomic E-state index is 0.0641. The first kappa shape index (κ1) is 7.86. The third kappa shape index (κ3) is 1.69. The number of benzene rings is 1. The molecule has 0 spiro atoms. The number of Topliss-reactive ketones (excluding diaryl/α,β-unsaturated/α-hetero) is 1. The molecule has 0 amide bonds. The highest BCUT2D eigenvalue weighted by Gasteiger charge is 1.96. The number of hydrogen-bond donors (Lipinski definition) is 0. The van der Waals surface area contributed by atoms with E-state index < -0.39 is 0 Å². The zero-order chi connectivity index (χ0) is 9.10. The maximum absolute atomic E-state index is 11.0. The highest BCUT2D eigenvalue weighted by atomic mass is 16.1. The number of carbonyl (C=O) groups excluding carboxylic acids is 1. The van der Waals surface area contributed by atoms with Crippen molar-refractivity contribution in [2.75, 3.05) is 6.54 Å². The van der Waals surface area contributed by atoms with E-state index in [0.29, 0.717) is 0 Å². The van der Waals surface area contributed by atoms with Gasteiger partial charge in [0.1, 0.15) is 6.54 Å². The van der Waals surface area contributed by atoms with Crippen LogP contribution in [-0.2, 0) is 4.79 Å². The molecule has 1 heterocycles. The number of aliphatic imine (C=N–C) groups is 1. The van der Waals surface area contributed by atoms with Gasteiger partial charge < -0.3 is 0 Å². The SMILES string of the molecule is O=C1C=NC=c2ccccc2=NC1. The van der Waals surface area contributed by atoms with Gasteiger partial charge in [-0.1, -0.05) is 18.2 Å². The van der Waals surface area contributed by atoms with E-state index in [2.05, 4.69) is 9.98 Å². The van der Waals surface area contributed by atoms with Crippen LogP contribution in [0.15, 0.2) is 34.3 Å². The number of carbonyl (C=O) groups is 1. The first-order valence-electron chi connectivity index (χ1n) is 4.02. The monoisotopic (exact) mass is 172 g/mol. The number of ketones is 1. The zero-order valence-electron chi connectivity index (χ0n) is 6.97. The van der Waals surface area contributed by atoms with E-state index in [9.17, 15) is 4.79 Å². The van der Waals surface area contributed by atoms with Crippen molar-refractivity contribution in [1.82, 2.24) is 0 Å². The first-order chi connectivity index (χ1) is 6.36. The number of hydrogen-bond acceptors (Lipinski definition) is 3. The summed E-state index contributed by atoms with van der Waals surface area (Å²) in [6.07, 6.45) is 2.95. The Morgan fingerprint density at radius 1 is 1.23 bits per heavy atom. The van der Waals surface area contributed by atoms with Crippen LogP contribution >= 0.6 is 0 Å². The van der Waals surface area contributed by atoms with E-state index in [-0.39, 0.29) is 12.3 Å². The van der Waals surface area contributed by atoms with Gasteiger partial charge in [0, 0.05) is 11.4 Å².